The molecule has 3 N–H and O–H groups in total. The Balaban J connectivity index is 1.48. The van der Waals surface area contributed by atoms with Gasteiger partial charge in [-0.05, 0) is 36.9 Å². The van der Waals surface area contributed by atoms with Crippen LogP contribution in [0.15, 0.2) is 65.7 Å². The number of aliphatic imine (C=N–C) groups is 1. The number of aliphatic hydroxyl groups is 1. The Morgan fingerprint density at radius 2 is 1.88 bits per heavy atom. The highest BCUT2D eigenvalue weighted by atomic mass is 32.1. The summed E-state index contributed by atoms with van der Waals surface area (Å²) >= 11 is 1.61. The molecule has 2 aromatic carbocycles. The number of fused-ring (bicyclic) bond motifs is 1. The number of nitrogens with one attached hydrogen (secondary N) is 2. The number of aryl methyl sites for hydroxylation is 1. The van der Waals surface area contributed by atoms with E-state index in [1.54, 1.807) is 11.3 Å². The van der Waals surface area contributed by atoms with Crippen molar-refractivity contribution in [1.82, 2.24) is 25.4 Å². The summed E-state index contributed by atoms with van der Waals surface area (Å²) in [6.07, 6.45) is -0.636. The van der Waals surface area contributed by atoms with Gasteiger partial charge in [-0.25, -0.2) is 4.99 Å². The Labute approximate surface area is 191 Å². The third kappa shape index (κ3) is 5.15. The number of hydrogen-bond acceptors (Lipinski definition) is 5. The molecule has 2 atom stereocenters. The van der Waals surface area contributed by atoms with Crippen LogP contribution in [0.3, 0.4) is 0 Å². The minimum absolute atomic E-state index is 0.0464. The average Bonchev–Trinajstić information content (AvgIpc) is 3.39. The number of benzene rings is 2. The standard InChI is InChI=1S/C24H28N6OS/c1-16(18-9-5-4-6-10-18)27-24(26-15-23-29-28-17(2)30(23)3)25-14-20(31)22-13-19-11-7-8-12-21(19)32-22/h4-13,16,20,31H,14-15H2,1-3H3,(H2,25,26,27). The van der Waals surface area contributed by atoms with Crippen molar-refractivity contribution in [3.63, 3.8) is 0 Å². The van der Waals surface area contributed by atoms with Gasteiger partial charge in [-0.15, -0.1) is 21.5 Å². The van der Waals surface area contributed by atoms with Crippen LogP contribution in [0.1, 0.15) is 41.2 Å². The molecular weight excluding hydrogens is 420 g/mol. The molecule has 32 heavy (non-hydrogen) atoms. The minimum Gasteiger partial charge on any atom is -0.386 e. The summed E-state index contributed by atoms with van der Waals surface area (Å²) in [7, 11) is 1.93. The van der Waals surface area contributed by atoms with E-state index in [1.807, 2.05) is 54.9 Å². The SMILES string of the molecule is Cc1nnc(CN=C(NCC(O)c2cc3ccccc3s2)NC(C)c2ccccc2)n1C. The lowest BCUT2D eigenvalue weighted by Gasteiger charge is -2.20. The summed E-state index contributed by atoms with van der Waals surface area (Å²) in [5.74, 6) is 2.23. The van der Waals surface area contributed by atoms with Gasteiger partial charge in [-0.3, -0.25) is 0 Å². The highest BCUT2D eigenvalue weighted by Gasteiger charge is 2.14. The molecule has 0 saturated heterocycles. The number of rotatable bonds is 7. The molecule has 0 aliphatic carbocycles. The molecule has 0 radical (unpaired) electrons. The van der Waals surface area contributed by atoms with Crippen LogP contribution in [0.5, 0.6) is 0 Å². The first kappa shape index (κ1) is 22.0. The lowest BCUT2D eigenvalue weighted by atomic mass is 10.1. The van der Waals surface area contributed by atoms with Crippen molar-refractivity contribution in [3.05, 3.63) is 82.8 Å². The molecule has 0 spiro atoms. The van der Waals surface area contributed by atoms with Gasteiger partial charge in [0.2, 0.25) is 0 Å². The fourth-order valence-corrected chi connectivity index (χ4v) is 4.43. The Kier molecular flexibility index (Phi) is 6.82. The zero-order valence-electron chi connectivity index (χ0n) is 18.5. The highest BCUT2D eigenvalue weighted by Crippen LogP contribution is 2.29. The second kappa shape index (κ2) is 9.93. The van der Waals surface area contributed by atoms with E-state index >= 15 is 0 Å². The number of nitrogens with zero attached hydrogens (tertiary/aromatic N) is 4. The van der Waals surface area contributed by atoms with E-state index in [4.69, 9.17) is 4.99 Å². The van der Waals surface area contributed by atoms with Crippen molar-refractivity contribution in [2.45, 2.75) is 32.5 Å². The van der Waals surface area contributed by atoms with Crippen molar-refractivity contribution in [1.29, 1.82) is 0 Å². The molecule has 0 amide bonds. The van der Waals surface area contributed by atoms with Crippen molar-refractivity contribution >= 4 is 27.4 Å². The fourth-order valence-electron chi connectivity index (χ4n) is 3.38. The summed E-state index contributed by atoms with van der Waals surface area (Å²) in [5, 5.41) is 27.0. The summed E-state index contributed by atoms with van der Waals surface area (Å²) in [6, 6.07) is 20.4. The maximum atomic E-state index is 10.8. The van der Waals surface area contributed by atoms with Crippen LogP contribution < -0.4 is 10.6 Å². The van der Waals surface area contributed by atoms with Crippen LogP contribution >= 0.6 is 11.3 Å². The highest BCUT2D eigenvalue weighted by molar-refractivity contribution is 7.19. The molecule has 2 aromatic heterocycles. The number of thiophene rings is 1. The van der Waals surface area contributed by atoms with Crippen LogP contribution in [-0.4, -0.2) is 32.4 Å². The van der Waals surface area contributed by atoms with Crippen LogP contribution in [0.4, 0.5) is 0 Å². The predicted octanol–water partition coefficient (Wildman–Crippen LogP) is 3.87. The second-order valence-electron chi connectivity index (χ2n) is 7.75. The third-order valence-corrected chi connectivity index (χ3v) is 6.67. The van der Waals surface area contributed by atoms with Gasteiger partial charge < -0.3 is 20.3 Å². The topological polar surface area (TPSA) is 87.4 Å². The van der Waals surface area contributed by atoms with Crippen LogP contribution in [0.2, 0.25) is 0 Å². The second-order valence-corrected chi connectivity index (χ2v) is 8.86. The maximum absolute atomic E-state index is 10.8. The van der Waals surface area contributed by atoms with Crippen LogP contribution in [0, 0.1) is 6.92 Å². The Bertz CT molecular complexity index is 1170. The fraction of sp³-hybridized carbons (Fsp3) is 0.292. The molecular formula is C24H28N6OS. The monoisotopic (exact) mass is 448 g/mol. The van der Waals surface area contributed by atoms with E-state index in [0.717, 1.165) is 27.5 Å². The molecule has 166 valence electrons. The lowest BCUT2D eigenvalue weighted by molar-refractivity contribution is 0.184. The summed E-state index contributed by atoms with van der Waals surface area (Å²) in [4.78, 5) is 5.63. The molecule has 2 unspecified atom stereocenters. The van der Waals surface area contributed by atoms with E-state index in [1.165, 1.54) is 4.70 Å². The zero-order valence-corrected chi connectivity index (χ0v) is 19.3. The molecule has 0 aliphatic heterocycles. The van der Waals surface area contributed by atoms with Crippen molar-refractivity contribution in [2.24, 2.45) is 12.0 Å². The first-order chi connectivity index (χ1) is 15.5. The molecule has 0 aliphatic rings. The third-order valence-electron chi connectivity index (χ3n) is 5.45. The Morgan fingerprint density at radius 3 is 2.59 bits per heavy atom. The van der Waals surface area contributed by atoms with Crippen molar-refractivity contribution < 1.29 is 5.11 Å². The number of hydrogen-bond donors (Lipinski definition) is 3. The average molecular weight is 449 g/mol. The molecule has 4 rings (SSSR count). The zero-order chi connectivity index (χ0) is 22.5. The Hall–Kier alpha value is -3.23. The molecule has 0 fully saturated rings. The molecule has 8 heteroatoms. The van der Waals surface area contributed by atoms with Gasteiger partial charge in [-0.2, -0.15) is 0 Å². The van der Waals surface area contributed by atoms with E-state index in [9.17, 15) is 5.11 Å². The molecule has 0 bridgehead atoms. The van der Waals surface area contributed by atoms with E-state index < -0.39 is 6.10 Å². The van der Waals surface area contributed by atoms with Crippen LogP contribution in [-0.2, 0) is 13.6 Å². The summed E-state index contributed by atoms with van der Waals surface area (Å²) in [6.45, 7) is 4.73. The van der Waals surface area contributed by atoms with Gasteiger partial charge in [0.25, 0.3) is 0 Å². The summed E-state index contributed by atoms with van der Waals surface area (Å²) in [5.41, 5.74) is 1.15. The van der Waals surface area contributed by atoms with E-state index in [2.05, 4.69) is 52.0 Å². The van der Waals surface area contributed by atoms with Gasteiger partial charge >= 0.3 is 0 Å². The first-order valence-corrected chi connectivity index (χ1v) is 11.4. The lowest BCUT2D eigenvalue weighted by Crippen LogP contribution is -2.40. The quantitative estimate of drug-likeness (QED) is 0.295. The van der Waals surface area contributed by atoms with Crippen LogP contribution in [0.25, 0.3) is 10.1 Å². The summed E-state index contributed by atoms with van der Waals surface area (Å²) < 4.78 is 3.09. The van der Waals surface area contributed by atoms with Gasteiger partial charge in [0, 0.05) is 23.2 Å². The van der Waals surface area contributed by atoms with Gasteiger partial charge in [0.1, 0.15) is 18.5 Å². The first-order valence-electron chi connectivity index (χ1n) is 10.6. The normalized spacial score (nSPS) is 13.8. The van der Waals surface area contributed by atoms with E-state index in [-0.39, 0.29) is 6.04 Å². The molecule has 7 nitrogen and oxygen atoms in total. The molecule has 0 saturated carbocycles. The number of aromatic nitrogens is 3. The smallest absolute Gasteiger partial charge is 0.192 e. The predicted molar refractivity (Wildman–Crippen MR) is 130 cm³/mol. The number of aliphatic hydroxyl groups excluding tert-OH is 1. The van der Waals surface area contributed by atoms with Crippen molar-refractivity contribution in [2.75, 3.05) is 6.54 Å². The van der Waals surface area contributed by atoms with Crippen molar-refractivity contribution in [3.8, 4) is 0 Å². The molecule has 2 heterocycles. The van der Waals surface area contributed by atoms with E-state index in [0.29, 0.717) is 19.0 Å². The molecule has 4 aromatic rings. The van der Waals surface area contributed by atoms with Gasteiger partial charge in [0.15, 0.2) is 11.8 Å². The Morgan fingerprint density at radius 1 is 1.12 bits per heavy atom. The maximum Gasteiger partial charge on any atom is 0.192 e. The minimum atomic E-state index is -0.636. The van der Waals surface area contributed by atoms with Gasteiger partial charge in [-0.1, -0.05) is 48.5 Å². The van der Waals surface area contributed by atoms with Gasteiger partial charge in [0.05, 0.1) is 6.04 Å². The largest absolute Gasteiger partial charge is 0.386 e. The number of guanidine groups is 1.